The van der Waals surface area contributed by atoms with Gasteiger partial charge in [-0.25, -0.2) is 9.97 Å². The Labute approximate surface area is 305 Å². The van der Waals surface area contributed by atoms with E-state index in [1.54, 1.807) is 56.3 Å². The van der Waals surface area contributed by atoms with Crippen molar-refractivity contribution in [1.29, 1.82) is 0 Å². The Morgan fingerprint density at radius 3 is 2.55 bits per heavy atom. The molecule has 1 aliphatic carbocycles. The van der Waals surface area contributed by atoms with E-state index >= 15 is 0 Å². The lowest BCUT2D eigenvalue weighted by molar-refractivity contribution is -0.139. The Bertz CT molecular complexity index is 2170. The highest BCUT2D eigenvalue weighted by atomic mass is 19.3. The zero-order chi connectivity index (χ0) is 37.9. The monoisotopic (exact) mass is 725 g/mol. The summed E-state index contributed by atoms with van der Waals surface area (Å²) in [6.45, 7) is 7.67. The summed E-state index contributed by atoms with van der Waals surface area (Å²) in [5.74, 6) is -3.83. The van der Waals surface area contributed by atoms with E-state index in [-0.39, 0.29) is 80.0 Å². The summed E-state index contributed by atoms with van der Waals surface area (Å²) in [5, 5.41) is 8.16. The number of benzene rings is 1. The molecule has 2 amide bonds. The predicted octanol–water partition coefficient (Wildman–Crippen LogP) is 4.91. The van der Waals surface area contributed by atoms with Crippen molar-refractivity contribution in [2.75, 3.05) is 13.2 Å². The maximum Gasteiger partial charge on any atom is 0.286 e. The molecule has 0 radical (unpaired) electrons. The van der Waals surface area contributed by atoms with E-state index in [0.29, 0.717) is 28.7 Å². The first kappa shape index (κ1) is 36.1. The van der Waals surface area contributed by atoms with Crippen LogP contribution in [-0.4, -0.2) is 78.2 Å². The maximum atomic E-state index is 14.4. The van der Waals surface area contributed by atoms with Crippen molar-refractivity contribution in [3.63, 3.8) is 0 Å². The minimum atomic E-state index is -3.23. The Kier molecular flexibility index (Phi) is 9.08. The highest BCUT2D eigenvalue weighted by molar-refractivity contribution is 6.06. The van der Waals surface area contributed by atoms with Gasteiger partial charge in [0.05, 0.1) is 42.3 Å². The van der Waals surface area contributed by atoms with Crippen LogP contribution in [0.1, 0.15) is 73.8 Å². The molecule has 53 heavy (non-hydrogen) atoms. The molecule has 3 atom stereocenters. The second-order valence-electron chi connectivity index (χ2n) is 15.1. The van der Waals surface area contributed by atoms with Gasteiger partial charge in [-0.05, 0) is 62.9 Å². The SMILES string of the molecule is CC(=O)c1nn(CC(=O)N2[C@H]3C[C@@]4(CNC(=O)C(C)(C)C=CCOCc5ccc(C(C)(F)F)nc5CC3=O)C[C@@H]24)c2ccc(-c3cnc(C)nc3)cc12. The second kappa shape index (κ2) is 13.3. The third-order valence-electron chi connectivity index (χ3n) is 10.6. The second-order valence-corrected chi connectivity index (χ2v) is 15.1. The number of nitrogens with one attached hydrogen (secondary N) is 1. The van der Waals surface area contributed by atoms with E-state index in [9.17, 15) is 28.0 Å². The summed E-state index contributed by atoms with van der Waals surface area (Å²) < 4.78 is 36.1. The van der Waals surface area contributed by atoms with E-state index < -0.39 is 28.5 Å². The lowest BCUT2D eigenvalue weighted by Crippen LogP contribution is -2.45. The molecule has 3 aliphatic rings. The molecule has 4 aromatic rings. The number of aromatic nitrogens is 5. The van der Waals surface area contributed by atoms with Crippen LogP contribution in [0, 0.1) is 17.8 Å². The van der Waals surface area contributed by atoms with E-state index in [0.717, 1.165) is 18.1 Å². The smallest absolute Gasteiger partial charge is 0.286 e. The van der Waals surface area contributed by atoms with Crippen molar-refractivity contribution in [3.05, 3.63) is 83.3 Å². The van der Waals surface area contributed by atoms with Gasteiger partial charge in [-0.1, -0.05) is 24.3 Å². The van der Waals surface area contributed by atoms with Crippen molar-refractivity contribution in [3.8, 4) is 11.1 Å². The highest BCUT2D eigenvalue weighted by Crippen LogP contribution is 2.59. The summed E-state index contributed by atoms with van der Waals surface area (Å²) in [4.78, 5) is 69.0. The van der Waals surface area contributed by atoms with Crippen LogP contribution in [0.3, 0.4) is 0 Å². The van der Waals surface area contributed by atoms with Gasteiger partial charge < -0.3 is 15.0 Å². The molecule has 7 rings (SSSR count). The number of hydrogen-bond acceptors (Lipinski definition) is 9. The number of halogens is 2. The van der Waals surface area contributed by atoms with Crippen molar-refractivity contribution in [1.82, 2.24) is 34.9 Å². The zero-order valence-corrected chi connectivity index (χ0v) is 30.3. The highest BCUT2D eigenvalue weighted by Gasteiger charge is 2.67. The van der Waals surface area contributed by atoms with Crippen LogP contribution in [0.25, 0.3) is 22.0 Å². The molecule has 3 aromatic heterocycles. The van der Waals surface area contributed by atoms with E-state index in [1.807, 2.05) is 12.1 Å². The van der Waals surface area contributed by atoms with Gasteiger partial charge >= 0.3 is 0 Å². The van der Waals surface area contributed by atoms with Gasteiger partial charge in [0.1, 0.15) is 23.8 Å². The molecule has 1 aromatic carbocycles. The summed E-state index contributed by atoms with van der Waals surface area (Å²) in [7, 11) is 0. The third kappa shape index (κ3) is 6.99. The number of nitrogens with zero attached hydrogens (tertiary/aromatic N) is 6. The van der Waals surface area contributed by atoms with Crippen molar-refractivity contribution < 1.29 is 32.7 Å². The molecule has 5 heterocycles. The molecule has 2 aliphatic heterocycles. The quantitative estimate of drug-likeness (QED) is 0.224. The Balaban J connectivity index is 1.23. The van der Waals surface area contributed by atoms with Gasteiger partial charge in [0.25, 0.3) is 5.92 Å². The van der Waals surface area contributed by atoms with Gasteiger partial charge in [-0.15, -0.1) is 0 Å². The van der Waals surface area contributed by atoms with Crippen LogP contribution in [0.15, 0.2) is 54.9 Å². The number of ketones is 2. The van der Waals surface area contributed by atoms with Crippen molar-refractivity contribution >= 4 is 34.3 Å². The van der Waals surface area contributed by atoms with Gasteiger partial charge in [0.2, 0.25) is 11.8 Å². The van der Waals surface area contributed by atoms with E-state index in [2.05, 4.69) is 25.4 Å². The number of aryl methyl sites for hydroxylation is 1. The van der Waals surface area contributed by atoms with E-state index in [1.165, 1.54) is 23.7 Å². The molecular weight excluding hydrogens is 684 g/mol. The number of carbonyl (C=O) groups is 4. The molecule has 1 saturated heterocycles. The Hall–Kier alpha value is -5.24. The van der Waals surface area contributed by atoms with Crippen LogP contribution in [-0.2, 0) is 44.6 Å². The number of likely N-dealkylation sites (tertiary alicyclic amines) is 1. The first-order valence-electron chi connectivity index (χ1n) is 17.6. The van der Waals surface area contributed by atoms with E-state index in [4.69, 9.17) is 4.74 Å². The fourth-order valence-electron chi connectivity index (χ4n) is 7.49. The van der Waals surface area contributed by atoms with Crippen molar-refractivity contribution in [2.24, 2.45) is 10.8 Å². The molecule has 1 N–H and O–H groups in total. The maximum absolute atomic E-state index is 14.4. The molecule has 276 valence electrons. The fraction of sp³-hybridized carbons (Fsp3) is 0.436. The minimum absolute atomic E-state index is 0.00548. The normalized spacial score (nSPS) is 23.0. The zero-order valence-electron chi connectivity index (χ0n) is 30.3. The average molecular weight is 726 g/mol. The fourth-order valence-corrected chi connectivity index (χ4v) is 7.49. The third-order valence-corrected chi connectivity index (χ3v) is 10.6. The summed E-state index contributed by atoms with van der Waals surface area (Å²) >= 11 is 0. The summed E-state index contributed by atoms with van der Waals surface area (Å²) in [6, 6.07) is 6.93. The molecular formula is C39H41F2N7O5. The van der Waals surface area contributed by atoms with Gasteiger partial charge in [-0.3, -0.25) is 28.8 Å². The number of carbonyl (C=O) groups excluding carboxylic acids is 4. The standard InChI is InChI=1S/C39H41F2N7O5/c1-22(49)35-27-13-24(26-17-42-23(2)43-18-26)7-9-29(27)47(46-35)19-34(51)48-30-15-39(16-33(39)48)21-44-36(52)37(3,4)11-6-12-53-20-25-8-10-32(38(5,40)41)45-28(25)14-31(30)50/h6-11,13,17-18,30,33H,12,14-16,19-21H2,1-5H3,(H,44,52)/t30-,33+,39-/m0/s1. The minimum Gasteiger partial charge on any atom is -0.373 e. The molecule has 1 saturated carbocycles. The first-order valence-corrected chi connectivity index (χ1v) is 17.6. The number of rotatable bonds is 5. The number of piperidine rings is 1. The van der Waals surface area contributed by atoms with Gasteiger partial charge in [0, 0.05) is 55.2 Å². The molecule has 12 nitrogen and oxygen atoms in total. The van der Waals surface area contributed by atoms with Crippen LogP contribution < -0.4 is 5.32 Å². The number of ether oxygens (including phenoxy) is 1. The number of amides is 2. The lowest BCUT2D eigenvalue weighted by Gasteiger charge is -2.27. The Morgan fingerprint density at radius 1 is 1.08 bits per heavy atom. The predicted molar refractivity (Wildman–Crippen MR) is 190 cm³/mol. The summed E-state index contributed by atoms with van der Waals surface area (Å²) in [6.07, 6.45) is 7.45. The lowest BCUT2D eigenvalue weighted by atomic mass is 9.90. The van der Waals surface area contributed by atoms with Gasteiger partial charge in [0.15, 0.2) is 11.6 Å². The Morgan fingerprint density at radius 2 is 1.83 bits per heavy atom. The average Bonchev–Trinajstić information content (AvgIpc) is 3.52. The molecule has 2 bridgehead atoms. The van der Waals surface area contributed by atoms with Crippen LogP contribution in [0.2, 0.25) is 0 Å². The van der Waals surface area contributed by atoms with Crippen LogP contribution in [0.5, 0.6) is 0 Å². The largest absolute Gasteiger partial charge is 0.373 e. The summed E-state index contributed by atoms with van der Waals surface area (Å²) in [5.41, 5.74) is 1.06. The van der Waals surface area contributed by atoms with Gasteiger partial charge in [-0.2, -0.15) is 13.9 Å². The number of pyridine rings is 1. The number of fused-ring (bicyclic) bond motifs is 3. The molecule has 0 unspecified atom stereocenters. The number of Topliss-reactive ketones (excluding diaryl/α,β-unsaturated/α-hetero) is 2. The van der Waals surface area contributed by atoms with Crippen molar-refractivity contribution in [2.45, 2.75) is 85.0 Å². The topological polar surface area (TPSA) is 149 Å². The number of alkyl halides is 2. The molecule has 2 fully saturated rings. The number of hydrogen-bond donors (Lipinski definition) is 1. The first-order chi connectivity index (χ1) is 25.1. The molecule has 1 spiro atoms. The van der Waals surface area contributed by atoms with Crippen LogP contribution >= 0.6 is 0 Å². The molecule has 14 heteroatoms. The van der Waals surface area contributed by atoms with Crippen LogP contribution in [0.4, 0.5) is 8.78 Å².